The fourth-order valence-corrected chi connectivity index (χ4v) is 4.01. The topological polar surface area (TPSA) is 72.7 Å². The lowest BCUT2D eigenvalue weighted by Gasteiger charge is -2.07. The standard InChI is InChI=1S/C14H19N5OS/c1-2-3-4-8-15-13(20)12-10-6-5-7-11(10)21-14(12)19-9-16-17-18-19/h9H,2-8H2,1H3,(H,15,20). The number of aromatic nitrogens is 4. The predicted molar refractivity (Wildman–Crippen MR) is 80.9 cm³/mol. The Bertz CT molecular complexity index is 620. The number of nitrogens with one attached hydrogen (secondary N) is 1. The Morgan fingerprint density at radius 3 is 3.10 bits per heavy atom. The van der Waals surface area contributed by atoms with E-state index in [1.54, 1.807) is 22.3 Å². The van der Waals surface area contributed by atoms with Crippen LogP contribution in [0.15, 0.2) is 6.33 Å². The van der Waals surface area contributed by atoms with Crippen molar-refractivity contribution in [1.82, 2.24) is 25.5 Å². The van der Waals surface area contributed by atoms with Crippen LogP contribution in [0.4, 0.5) is 0 Å². The van der Waals surface area contributed by atoms with Crippen LogP contribution in [0.25, 0.3) is 5.00 Å². The van der Waals surface area contributed by atoms with E-state index in [1.807, 2.05) is 0 Å². The Kier molecular flexibility index (Phi) is 4.28. The minimum Gasteiger partial charge on any atom is -0.352 e. The molecule has 0 atom stereocenters. The van der Waals surface area contributed by atoms with E-state index in [2.05, 4.69) is 27.8 Å². The molecule has 1 aliphatic rings. The van der Waals surface area contributed by atoms with Gasteiger partial charge in [0.05, 0.1) is 5.56 Å². The molecule has 0 saturated heterocycles. The van der Waals surface area contributed by atoms with Crippen LogP contribution in [0.1, 0.15) is 53.4 Å². The first-order valence-electron chi connectivity index (χ1n) is 7.47. The molecule has 0 aliphatic heterocycles. The molecule has 3 rings (SSSR count). The van der Waals surface area contributed by atoms with Gasteiger partial charge in [0.25, 0.3) is 5.91 Å². The van der Waals surface area contributed by atoms with E-state index in [1.165, 1.54) is 10.4 Å². The molecule has 7 heteroatoms. The highest BCUT2D eigenvalue weighted by Crippen LogP contribution is 2.37. The van der Waals surface area contributed by atoms with Crippen molar-refractivity contribution in [3.05, 3.63) is 22.3 Å². The molecule has 1 amide bonds. The first-order chi connectivity index (χ1) is 10.3. The molecule has 2 heterocycles. The first-order valence-corrected chi connectivity index (χ1v) is 8.29. The second kappa shape index (κ2) is 6.34. The number of unbranched alkanes of at least 4 members (excludes halogenated alkanes) is 2. The molecule has 0 radical (unpaired) electrons. The normalized spacial score (nSPS) is 13.4. The van der Waals surface area contributed by atoms with Crippen molar-refractivity contribution >= 4 is 17.2 Å². The van der Waals surface area contributed by atoms with Crippen LogP contribution in [0.5, 0.6) is 0 Å². The fraction of sp³-hybridized carbons (Fsp3) is 0.571. The van der Waals surface area contributed by atoms with Gasteiger partial charge < -0.3 is 5.32 Å². The SMILES string of the molecule is CCCCCNC(=O)c1c(-n2cnnn2)sc2c1CCC2. The van der Waals surface area contributed by atoms with E-state index < -0.39 is 0 Å². The zero-order valence-corrected chi connectivity index (χ0v) is 12.9. The lowest BCUT2D eigenvalue weighted by Crippen LogP contribution is -2.26. The first kappa shape index (κ1) is 14.2. The molecule has 0 unspecified atom stereocenters. The van der Waals surface area contributed by atoms with Gasteiger partial charge in [-0.2, -0.15) is 4.68 Å². The summed E-state index contributed by atoms with van der Waals surface area (Å²) < 4.78 is 1.60. The van der Waals surface area contributed by atoms with E-state index in [-0.39, 0.29) is 5.91 Å². The summed E-state index contributed by atoms with van der Waals surface area (Å²) in [6.45, 7) is 2.88. The molecule has 0 bridgehead atoms. The Hall–Kier alpha value is -1.76. The Morgan fingerprint density at radius 2 is 2.33 bits per heavy atom. The number of hydrogen-bond donors (Lipinski definition) is 1. The van der Waals surface area contributed by atoms with E-state index in [0.717, 1.165) is 55.6 Å². The van der Waals surface area contributed by atoms with Crippen molar-refractivity contribution in [3.8, 4) is 5.00 Å². The van der Waals surface area contributed by atoms with Crippen molar-refractivity contribution in [2.75, 3.05) is 6.54 Å². The second-order valence-electron chi connectivity index (χ2n) is 5.25. The molecule has 0 aromatic carbocycles. The number of hydrogen-bond acceptors (Lipinski definition) is 5. The summed E-state index contributed by atoms with van der Waals surface area (Å²) in [4.78, 5) is 13.9. The number of fused-ring (bicyclic) bond motifs is 1. The van der Waals surface area contributed by atoms with E-state index in [0.29, 0.717) is 0 Å². The minimum atomic E-state index is 0.0102. The van der Waals surface area contributed by atoms with Gasteiger partial charge in [0.15, 0.2) is 0 Å². The van der Waals surface area contributed by atoms with Crippen LogP contribution in [0.2, 0.25) is 0 Å². The molecule has 112 valence electrons. The minimum absolute atomic E-state index is 0.0102. The van der Waals surface area contributed by atoms with Crippen molar-refractivity contribution in [1.29, 1.82) is 0 Å². The quantitative estimate of drug-likeness (QED) is 0.830. The number of aryl methyl sites for hydroxylation is 1. The molecule has 0 fully saturated rings. The van der Waals surface area contributed by atoms with Crippen molar-refractivity contribution in [2.45, 2.75) is 45.4 Å². The van der Waals surface area contributed by atoms with Gasteiger partial charge in [-0.15, -0.1) is 16.4 Å². The molecular formula is C14H19N5OS. The van der Waals surface area contributed by atoms with Crippen LogP contribution in [-0.4, -0.2) is 32.7 Å². The molecule has 1 aliphatic carbocycles. The maximum absolute atomic E-state index is 12.6. The third kappa shape index (κ3) is 2.83. The van der Waals surface area contributed by atoms with Crippen molar-refractivity contribution in [2.24, 2.45) is 0 Å². The monoisotopic (exact) mass is 305 g/mol. The van der Waals surface area contributed by atoms with Gasteiger partial charge in [-0.05, 0) is 41.7 Å². The van der Waals surface area contributed by atoms with Crippen molar-refractivity contribution < 1.29 is 4.79 Å². The van der Waals surface area contributed by atoms with Gasteiger partial charge in [0.2, 0.25) is 0 Å². The summed E-state index contributed by atoms with van der Waals surface area (Å²) in [5.74, 6) is 0.0102. The summed E-state index contributed by atoms with van der Waals surface area (Å²) in [5, 5.41) is 15.2. The van der Waals surface area contributed by atoms with Crippen LogP contribution in [-0.2, 0) is 12.8 Å². The van der Waals surface area contributed by atoms with E-state index in [4.69, 9.17) is 0 Å². The highest BCUT2D eigenvalue weighted by molar-refractivity contribution is 7.15. The molecule has 6 nitrogen and oxygen atoms in total. The van der Waals surface area contributed by atoms with Gasteiger partial charge >= 0.3 is 0 Å². The molecule has 0 spiro atoms. The number of amides is 1. The number of rotatable bonds is 6. The maximum atomic E-state index is 12.6. The highest BCUT2D eigenvalue weighted by atomic mass is 32.1. The maximum Gasteiger partial charge on any atom is 0.254 e. The second-order valence-corrected chi connectivity index (χ2v) is 6.34. The number of tetrazole rings is 1. The number of nitrogens with zero attached hydrogens (tertiary/aromatic N) is 4. The molecule has 0 saturated carbocycles. The summed E-state index contributed by atoms with van der Waals surface area (Å²) >= 11 is 1.64. The average Bonchev–Trinajstić information content (AvgIpc) is 3.16. The number of thiophene rings is 1. The fourth-order valence-electron chi connectivity index (χ4n) is 2.71. The summed E-state index contributed by atoms with van der Waals surface area (Å²) in [5.41, 5.74) is 1.97. The summed E-state index contributed by atoms with van der Waals surface area (Å²) in [7, 11) is 0. The van der Waals surface area contributed by atoms with Gasteiger partial charge in [0.1, 0.15) is 11.3 Å². The zero-order valence-electron chi connectivity index (χ0n) is 12.1. The molecule has 2 aromatic heterocycles. The van der Waals surface area contributed by atoms with Gasteiger partial charge in [0, 0.05) is 11.4 Å². The van der Waals surface area contributed by atoms with Crippen LogP contribution < -0.4 is 5.32 Å². The number of carbonyl (C=O) groups excluding carboxylic acids is 1. The zero-order chi connectivity index (χ0) is 14.7. The molecular weight excluding hydrogens is 286 g/mol. The van der Waals surface area contributed by atoms with Gasteiger partial charge in [-0.1, -0.05) is 19.8 Å². The number of carbonyl (C=O) groups is 1. The van der Waals surface area contributed by atoms with Crippen LogP contribution >= 0.6 is 11.3 Å². The van der Waals surface area contributed by atoms with Crippen LogP contribution in [0, 0.1) is 0 Å². The lowest BCUT2D eigenvalue weighted by atomic mass is 10.1. The predicted octanol–water partition coefficient (Wildman–Crippen LogP) is 2.13. The Labute approximate surface area is 127 Å². The third-order valence-corrected chi connectivity index (χ3v) is 5.03. The van der Waals surface area contributed by atoms with E-state index >= 15 is 0 Å². The lowest BCUT2D eigenvalue weighted by molar-refractivity contribution is 0.0952. The molecule has 1 N–H and O–H groups in total. The largest absolute Gasteiger partial charge is 0.352 e. The van der Waals surface area contributed by atoms with Crippen molar-refractivity contribution in [3.63, 3.8) is 0 Å². The van der Waals surface area contributed by atoms with Crippen LogP contribution in [0.3, 0.4) is 0 Å². The molecule has 2 aromatic rings. The Morgan fingerprint density at radius 1 is 1.43 bits per heavy atom. The summed E-state index contributed by atoms with van der Waals surface area (Å²) in [6, 6.07) is 0. The average molecular weight is 305 g/mol. The van der Waals surface area contributed by atoms with Gasteiger partial charge in [-0.25, -0.2) is 0 Å². The highest BCUT2D eigenvalue weighted by Gasteiger charge is 2.27. The smallest absolute Gasteiger partial charge is 0.254 e. The molecule has 21 heavy (non-hydrogen) atoms. The Balaban J connectivity index is 1.84. The summed E-state index contributed by atoms with van der Waals surface area (Å²) in [6.07, 6.45) is 8.03. The van der Waals surface area contributed by atoms with Gasteiger partial charge in [-0.3, -0.25) is 4.79 Å². The third-order valence-electron chi connectivity index (χ3n) is 3.75. The van der Waals surface area contributed by atoms with E-state index in [9.17, 15) is 4.79 Å².